The zero-order valence-corrected chi connectivity index (χ0v) is 14.4. The lowest BCUT2D eigenvalue weighted by Crippen LogP contribution is -2.42. The fraction of sp³-hybridized carbons (Fsp3) is 0.533. The van der Waals surface area contributed by atoms with Gasteiger partial charge in [0.25, 0.3) is 0 Å². The molecule has 1 fully saturated rings. The number of anilines is 1. The minimum absolute atomic E-state index is 0.154. The smallest absolute Gasteiger partial charge is 0.319 e. The molecule has 2 N–H and O–H groups in total. The van der Waals surface area contributed by atoms with Crippen molar-refractivity contribution < 1.29 is 9.53 Å². The van der Waals surface area contributed by atoms with E-state index in [0.29, 0.717) is 10.5 Å². The summed E-state index contributed by atoms with van der Waals surface area (Å²) in [6.45, 7) is 7.11. The Morgan fingerprint density at radius 1 is 1.33 bits per heavy atom. The van der Waals surface area contributed by atoms with Gasteiger partial charge >= 0.3 is 6.03 Å². The van der Waals surface area contributed by atoms with Crippen molar-refractivity contribution in [2.75, 3.05) is 44.7 Å². The Balaban J connectivity index is 1.68. The molecule has 5 nitrogen and oxygen atoms in total. The molecule has 0 aromatic heterocycles. The average molecular weight is 403 g/mol. The van der Waals surface area contributed by atoms with E-state index in [2.05, 4.69) is 45.0 Å². The summed E-state index contributed by atoms with van der Waals surface area (Å²) < 4.78 is 5.76. The number of carbonyl (C=O) groups excluding carboxylic acids is 1. The van der Waals surface area contributed by atoms with Crippen molar-refractivity contribution in [1.29, 1.82) is 0 Å². The highest BCUT2D eigenvalue weighted by Crippen LogP contribution is 2.23. The summed E-state index contributed by atoms with van der Waals surface area (Å²) in [5.74, 6) is 0. The van der Waals surface area contributed by atoms with Crippen LogP contribution in [0.25, 0.3) is 0 Å². The number of morpholine rings is 1. The van der Waals surface area contributed by atoms with Crippen LogP contribution in [0.3, 0.4) is 0 Å². The van der Waals surface area contributed by atoms with Gasteiger partial charge in [0.1, 0.15) is 0 Å². The van der Waals surface area contributed by atoms with Gasteiger partial charge in [-0.2, -0.15) is 0 Å². The van der Waals surface area contributed by atoms with E-state index in [1.807, 2.05) is 24.3 Å². The Kier molecular flexibility index (Phi) is 6.72. The van der Waals surface area contributed by atoms with E-state index in [1.165, 1.54) is 5.56 Å². The van der Waals surface area contributed by atoms with Gasteiger partial charge in [0.2, 0.25) is 0 Å². The quantitative estimate of drug-likeness (QED) is 0.587. The van der Waals surface area contributed by atoms with Gasteiger partial charge in [-0.3, -0.25) is 4.90 Å². The standard InChI is InChI=1S/C15H22IN3O2/c1-12(16)13-2-4-14(5-3-13)18-15(20)17-6-7-19-8-10-21-11-9-19/h2-5,12H,6-11H2,1H3,(H2,17,18,20). The number of rotatable bonds is 5. The van der Waals surface area contributed by atoms with E-state index in [9.17, 15) is 4.79 Å². The van der Waals surface area contributed by atoms with Crippen LogP contribution in [0.5, 0.6) is 0 Å². The maximum atomic E-state index is 11.8. The van der Waals surface area contributed by atoms with Gasteiger partial charge in [-0.25, -0.2) is 4.79 Å². The summed E-state index contributed by atoms with van der Waals surface area (Å²) in [5, 5.41) is 5.73. The molecule has 2 rings (SSSR count). The van der Waals surface area contributed by atoms with Gasteiger partial charge in [0, 0.05) is 35.8 Å². The Hall–Kier alpha value is -0.860. The molecule has 2 amide bonds. The van der Waals surface area contributed by atoms with Crippen LogP contribution in [0.2, 0.25) is 0 Å². The van der Waals surface area contributed by atoms with Crippen LogP contribution in [0.15, 0.2) is 24.3 Å². The van der Waals surface area contributed by atoms with Crippen molar-refractivity contribution in [3.63, 3.8) is 0 Å². The molecule has 1 saturated heterocycles. The maximum Gasteiger partial charge on any atom is 0.319 e. The molecule has 1 aliphatic rings. The molecule has 0 spiro atoms. The SMILES string of the molecule is CC(I)c1ccc(NC(=O)NCCN2CCOCC2)cc1. The Labute approximate surface area is 139 Å². The van der Waals surface area contributed by atoms with Crippen LogP contribution in [-0.2, 0) is 4.74 Å². The summed E-state index contributed by atoms with van der Waals surface area (Å²) >= 11 is 2.37. The van der Waals surface area contributed by atoms with Crippen LogP contribution in [0.1, 0.15) is 16.4 Å². The molecular formula is C15H22IN3O2. The lowest BCUT2D eigenvalue weighted by Gasteiger charge is -2.26. The Morgan fingerprint density at radius 2 is 2.00 bits per heavy atom. The topological polar surface area (TPSA) is 53.6 Å². The molecule has 1 heterocycles. The molecular weight excluding hydrogens is 381 g/mol. The summed E-state index contributed by atoms with van der Waals surface area (Å²) in [7, 11) is 0. The lowest BCUT2D eigenvalue weighted by atomic mass is 10.1. The highest BCUT2D eigenvalue weighted by atomic mass is 127. The number of carbonyl (C=O) groups is 1. The van der Waals surface area contributed by atoms with Crippen molar-refractivity contribution in [2.45, 2.75) is 10.8 Å². The molecule has 0 radical (unpaired) electrons. The molecule has 1 unspecified atom stereocenters. The van der Waals surface area contributed by atoms with Crippen LogP contribution < -0.4 is 10.6 Å². The monoisotopic (exact) mass is 403 g/mol. The maximum absolute atomic E-state index is 11.8. The van der Waals surface area contributed by atoms with E-state index in [0.717, 1.165) is 38.5 Å². The first-order chi connectivity index (χ1) is 10.1. The van der Waals surface area contributed by atoms with Crippen LogP contribution in [-0.4, -0.2) is 50.3 Å². The number of halogens is 1. The summed E-state index contributed by atoms with van der Waals surface area (Å²) in [6.07, 6.45) is 0. The van der Waals surface area contributed by atoms with Gasteiger partial charge < -0.3 is 15.4 Å². The van der Waals surface area contributed by atoms with E-state index in [4.69, 9.17) is 4.74 Å². The number of hydrogen-bond acceptors (Lipinski definition) is 3. The number of hydrogen-bond donors (Lipinski definition) is 2. The van der Waals surface area contributed by atoms with Crippen LogP contribution in [0, 0.1) is 0 Å². The number of amides is 2. The minimum Gasteiger partial charge on any atom is -0.379 e. The molecule has 0 bridgehead atoms. The highest BCUT2D eigenvalue weighted by molar-refractivity contribution is 14.1. The normalized spacial score (nSPS) is 17.2. The number of ether oxygens (including phenoxy) is 1. The predicted molar refractivity (Wildman–Crippen MR) is 93.2 cm³/mol. The first-order valence-electron chi connectivity index (χ1n) is 7.24. The lowest BCUT2D eigenvalue weighted by molar-refractivity contribution is 0.0388. The summed E-state index contributed by atoms with van der Waals surface area (Å²) in [4.78, 5) is 14.1. The van der Waals surface area contributed by atoms with Crippen molar-refractivity contribution in [3.05, 3.63) is 29.8 Å². The van der Waals surface area contributed by atoms with Crippen LogP contribution >= 0.6 is 22.6 Å². The van der Waals surface area contributed by atoms with Crippen molar-refractivity contribution in [1.82, 2.24) is 10.2 Å². The van der Waals surface area contributed by atoms with E-state index in [-0.39, 0.29) is 6.03 Å². The largest absolute Gasteiger partial charge is 0.379 e. The fourth-order valence-electron chi connectivity index (χ4n) is 2.16. The molecule has 21 heavy (non-hydrogen) atoms. The predicted octanol–water partition coefficient (Wildman–Crippen LogP) is 2.64. The third kappa shape index (κ3) is 5.80. The van der Waals surface area contributed by atoms with Crippen LogP contribution in [0.4, 0.5) is 10.5 Å². The molecule has 6 heteroatoms. The van der Waals surface area contributed by atoms with Gasteiger partial charge in [-0.15, -0.1) is 0 Å². The second kappa shape index (κ2) is 8.55. The number of nitrogens with one attached hydrogen (secondary N) is 2. The van der Waals surface area contributed by atoms with Crippen molar-refractivity contribution in [3.8, 4) is 0 Å². The molecule has 1 atom stereocenters. The average Bonchev–Trinajstić information content (AvgIpc) is 2.49. The summed E-state index contributed by atoms with van der Waals surface area (Å²) in [6, 6.07) is 7.80. The second-order valence-electron chi connectivity index (χ2n) is 5.07. The zero-order valence-electron chi connectivity index (χ0n) is 12.3. The number of benzene rings is 1. The third-order valence-corrected chi connectivity index (χ3v) is 4.16. The second-order valence-corrected chi connectivity index (χ2v) is 6.94. The fourth-order valence-corrected chi connectivity index (χ4v) is 2.57. The molecule has 1 aromatic rings. The Morgan fingerprint density at radius 3 is 2.62 bits per heavy atom. The summed E-state index contributed by atoms with van der Waals surface area (Å²) in [5.41, 5.74) is 2.08. The minimum atomic E-state index is -0.154. The van der Waals surface area contributed by atoms with Gasteiger partial charge in [-0.05, 0) is 24.6 Å². The molecule has 0 saturated carbocycles. The van der Waals surface area contributed by atoms with E-state index < -0.39 is 0 Å². The van der Waals surface area contributed by atoms with Crippen molar-refractivity contribution in [2.24, 2.45) is 0 Å². The molecule has 1 aliphatic heterocycles. The first kappa shape index (κ1) is 16.5. The number of nitrogens with zero attached hydrogens (tertiary/aromatic N) is 1. The molecule has 116 valence electrons. The molecule has 1 aromatic carbocycles. The van der Waals surface area contributed by atoms with E-state index in [1.54, 1.807) is 0 Å². The number of urea groups is 1. The third-order valence-electron chi connectivity index (χ3n) is 3.45. The van der Waals surface area contributed by atoms with Crippen molar-refractivity contribution >= 4 is 34.3 Å². The van der Waals surface area contributed by atoms with Gasteiger partial charge in [0.15, 0.2) is 0 Å². The zero-order chi connectivity index (χ0) is 15.1. The van der Waals surface area contributed by atoms with E-state index >= 15 is 0 Å². The Bertz CT molecular complexity index is 445. The first-order valence-corrected chi connectivity index (χ1v) is 8.48. The molecule has 0 aliphatic carbocycles. The van der Waals surface area contributed by atoms with Gasteiger partial charge in [0.05, 0.1) is 13.2 Å². The highest BCUT2D eigenvalue weighted by Gasteiger charge is 2.10. The van der Waals surface area contributed by atoms with Gasteiger partial charge in [-0.1, -0.05) is 34.7 Å². The number of alkyl halides is 1.